The first-order valence-electron chi connectivity index (χ1n) is 4.98. The maximum absolute atomic E-state index is 9.08. The molecule has 0 fully saturated rings. The molecule has 0 spiro atoms. The molecule has 0 amide bonds. The van der Waals surface area contributed by atoms with Crippen LogP contribution in [-0.4, -0.2) is 43.7 Å². The molecule has 1 aromatic rings. The van der Waals surface area contributed by atoms with Gasteiger partial charge in [0.05, 0.1) is 25.3 Å². The van der Waals surface area contributed by atoms with Crippen molar-refractivity contribution in [2.75, 3.05) is 13.2 Å². The van der Waals surface area contributed by atoms with Gasteiger partial charge in [0, 0.05) is 6.54 Å². The minimum Gasteiger partial charge on any atom is -0.394 e. The van der Waals surface area contributed by atoms with Gasteiger partial charge in [-0.25, -0.2) is 9.67 Å². The molecule has 0 atom stereocenters. The van der Waals surface area contributed by atoms with E-state index < -0.39 is 5.54 Å². The fraction of sp³-hybridized carbons (Fsp3) is 0.778. The van der Waals surface area contributed by atoms with Crippen molar-refractivity contribution in [3.05, 3.63) is 12.2 Å². The van der Waals surface area contributed by atoms with Crippen LogP contribution < -0.4 is 5.32 Å². The summed E-state index contributed by atoms with van der Waals surface area (Å²) in [5.74, 6) is 0.797. The van der Waals surface area contributed by atoms with E-state index in [-0.39, 0.29) is 13.2 Å². The lowest BCUT2D eigenvalue weighted by molar-refractivity contribution is 0.102. The number of hydrogen-bond donors (Lipinski definition) is 3. The molecule has 0 aliphatic carbocycles. The quantitative estimate of drug-likeness (QED) is 0.573. The van der Waals surface area contributed by atoms with Crippen molar-refractivity contribution in [1.29, 1.82) is 0 Å². The molecule has 0 aromatic carbocycles. The number of aliphatic hydroxyl groups is 2. The standard InChI is InChI=1S/C9H18N4O2/c1-3-13-8(10-7-12-13)4-11-9(2,5-14)6-15/h7,11,14-15H,3-6H2,1-2H3. The zero-order valence-electron chi connectivity index (χ0n) is 9.14. The van der Waals surface area contributed by atoms with Gasteiger partial charge in [0.2, 0.25) is 0 Å². The number of aryl methyl sites for hydroxylation is 1. The molecule has 1 rings (SSSR count). The Kier molecular flexibility index (Phi) is 4.19. The topological polar surface area (TPSA) is 83.2 Å². The zero-order valence-corrected chi connectivity index (χ0v) is 9.14. The van der Waals surface area contributed by atoms with Crippen molar-refractivity contribution >= 4 is 0 Å². The first-order valence-corrected chi connectivity index (χ1v) is 4.98. The van der Waals surface area contributed by atoms with Crippen LogP contribution in [0.4, 0.5) is 0 Å². The van der Waals surface area contributed by atoms with Crippen LogP contribution in [0, 0.1) is 0 Å². The molecule has 0 aliphatic heterocycles. The summed E-state index contributed by atoms with van der Waals surface area (Å²) in [5, 5.41) is 25.2. The molecule has 0 aliphatic rings. The molecule has 0 unspecified atom stereocenters. The number of aromatic nitrogens is 3. The molecule has 1 heterocycles. The highest BCUT2D eigenvalue weighted by Crippen LogP contribution is 2.03. The van der Waals surface area contributed by atoms with E-state index in [9.17, 15) is 0 Å². The van der Waals surface area contributed by atoms with Gasteiger partial charge < -0.3 is 15.5 Å². The second-order valence-electron chi connectivity index (χ2n) is 3.72. The van der Waals surface area contributed by atoms with Crippen LogP contribution in [0.3, 0.4) is 0 Å². The molecule has 86 valence electrons. The van der Waals surface area contributed by atoms with E-state index in [0.29, 0.717) is 6.54 Å². The van der Waals surface area contributed by atoms with Gasteiger partial charge in [0.25, 0.3) is 0 Å². The van der Waals surface area contributed by atoms with E-state index >= 15 is 0 Å². The van der Waals surface area contributed by atoms with E-state index in [1.807, 2.05) is 6.92 Å². The van der Waals surface area contributed by atoms with Crippen LogP contribution in [0.1, 0.15) is 19.7 Å². The second kappa shape index (κ2) is 5.20. The van der Waals surface area contributed by atoms with Crippen LogP contribution in [0.25, 0.3) is 0 Å². The number of nitrogens with one attached hydrogen (secondary N) is 1. The van der Waals surface area contributed by atoms with Crippen molar-refractivity contribution in [2.24, 2.45) is 0 Å². The largest absolute Gasteiger partial charge is 0.394 e. The van der Waals surface area contributed by atoms with Crippen LogP contribution in [0.15, 0.2) is 6.33 Å². The van der Waals surface area contributed by atoms with Gasteiger partial charge in [-0.15, -0.1) is 0 Å². The predicted octanol–water partition coefficient (Wildman–Crippen LogP) is -0.869. The summed E-state index contributed by atoms with van der Waals surface area (Å²) in [6.45, 7) is 4.72. The monoisotopic (exact) mass is 214 g/mol. The van der Waals surface area contributed by atoms with Crippen LogP contribution in [0.5, 0.6) is 0 Å². The lowest BCUT2D eigenvalue weighted by Gasteiger charge is -2.25. The lowest BCUT2D eigenvalue weighted by Crippen LogP contribution is -2.48. The zero-order chi connectivity index (χ0) is 11.3. The van der Waals surface area contributed by atoms with Gasteiger partial charge >= 0.3 is 0 Å². The maximum Gasteiger partial charge on any atom is 0.140 e. The molecule has 3 N–H and O–H groups in total. The fourth-order valence-electron chi connectivity index (χ4n) is 1.14. The van der Waals surface area contributed by atoms with Gasteiger partial charge in [-0.1, -0.05) is 0 Å². The predicted molar refractivity (Wildman–Crippen MR) is 55.1 cm³/mol. The van der Waals surface area contributed by atoms with Crippen molar-refractivity contribution in [3.8, 4) is 0 Å². The first-order chi connectivity index (χ1) is 7.15. The Morgan fingerprint density at radius 3 is 2.67 bits per heavy atom. The molecule has 0 bridgehead atoms. The number of hydrogen-bond acceptors (Lipinski definition) is 5. The van der Waals surface area contributed by atoms with Crippen molar-refractivity contribution in [3.63, 3.8) is 0 Å². The molecule has 6 nitrogen and oxygen atoms in total. The van der Waals surface area contributed by atoms with Gasteiger partial charge in [0.15, 0.2) is 0 Å². The number of nitrogens with zero attached hydrogens (tertiary/aromatic N) is 3. The summed E-state index contributed by atoms with van der Waals surface area (Å²) in [6.07, 6.45) is 1.50. The Balaban J connectivity index is 2.56. The Hall–Kier alpha value is -0.980. The maximum atomic E-state index is 9.08. The molecular weight excluding hydrogens is 196 g/mol. The van der Waals surface area contributed by atoms with E-state index in [0.717, 1.165) is 12.4 Å². The van der Waals surface area contributed by atoms with Crippen LogP contribution in [0.2, 0.25) is 0 Å². The summed E-state index contributed by atoms with van der Waals surface area (Å²) >= 11 is 0. The molecule has 0 saturated carbocycles. The number of aliphatic hydroxyl groups excluding tert-OH is 2. The molecule has 1 aromatic heterocycles. The summed E-state index contributed by atoms with van der Waals surface area (Å²) in [5.41, 5.74) is -0.676. The van der Waals surface area contributed by atoms with Gasteiger partial charge in [-0.3, -0.25) is 0 Å². The van der Waals surface area contributed by atoms with E-state index in [4.69, 9.17) is 10.2 Å². The van der Waals surface area contributed by atoms with E-state index in [1.165, 1.54) is 6.33 Å². The van der Waals surface area contributed by atoms with E-state index in [2.05, 4.69) is 15.4 Å². The summed E-state index contributed by atoms with van der Waals surface area (Å²) in [4.78, 5) is 4.08. The minimum absolute atomic E-state index is 0.121. The third-order valence-corrected chi connectivity index (χ3v) is 2.37. The van der Waals surface area contributed by atoms with Gasteiger partial charge in [-0.2, -0.15) is 5.10 Å². The van der Waals surface area contributed by atoms with Crippen molar-refractivity contribution in [1.82, 2.24) is 20.1 Å². The molecule has 15 heavy (non-hydrogen) atoms. The third kappa shape index (κ3) is 2.98. The SMILES string of the molecule is CCn1ncnc1CNC(C)(CO)CO. The van der Waals surface area contributed by atoms with Gasteiger partial charge in [-0.05, 0) is 13.8 Å². The van der Waals surface area contributed by atoms with E-state index in [1.54, 1.807) is 11.6 Å². The molecule has 6 heteroatoms. The Bertz CT molecular complexity index is 296. The first kappa shape index (κ1) is 12.1. The Morgan fingerprint density at radius 2 is 2.13 bits per heavy atom. The summed E-state index contributed by atoms with van der Waals surface area (Å²) < 4.78 is 1.77. The fourth-order valence-corrected chi connectivity index (χ4v) is 1.14. The van der Waals surface area contributed by atoms with Crippen LogP contribution >= 0.6 is 0 Å². The van der Waals surface area contributed by atoms with Gasteiger partial charge in [0.1, 0.15) is 12.2 Å². The highest BCUT2D eigenvalue weighted by atomic mass is 16.3. The minimum atomic E-state index is -0.676. The smallest absolute Gasteiger partial charge is 0.140 e. The van der Waals surface area contributed by atoms with Crippen LogP contribution in [-0.2, 0) is 13.1 Å². The summed E-state index contributed by atoms with van der Waals surface area (Å²) in [6, 6.07) is 0. The Morgan fingerprint density at radius 1 is 1.47 bits per heavy atom. The normalized spacial score (nSPS) is 12.0. The highest BCUT2D eigenvalue weighted by Gasteiger charge is 2.21. The molecular formula is C9H18N4O2. The molecule has 0 saturated heterocycles. The number of rotatable bonds is 6. The Labute approximate surface area is 89.0 Å². The third-order valence-electron chi connectivity index (χ3n) is 2.37. The second-order valence-corrected chi connectivity index (χ2v) is 3.72. The summed E-state index contributed by atoms with van der Waals surface area (Å²) in [7, 11) is 0. The average Bonchev–Trinajstić information content (AvgIpc) is 2.73. The average molecular weight is 214 g/mol. The highest BCUT2D eigenvalue weighted by molar-refractivity contribution is 4.89. The van der Waals surface area contributed by atoms with Crippen molar-refractivity contribution in [2.45, 2.75) is 32.5 Å². The van der Waals surface area contributed by atoms with Crippen molar-refractivity contribution < 1.29 is 10.2 Å². The lowest BCUT2D eigenvalue weighted by atomic mass is 10.1. The molecule has 0 radical (unpaired) electrons.